The van der Waals surface area contributed by atoms with Crippen LogP contribution >= 0.6 is 0 Å². The van der Waals surface area contributed by atoms with E-state index in [1.807, 2.05) is 0 Å². The molecule has 0 spiro atoms. The Morgan fingerprint density at radius 1 is 1.12 bits per heavy atom. The Labute approximate surface area is 147 Å². The van der Waals surface area contributed by atoms with Crippen molar-refractivity contribution in [2.45, 2.75) is 39.7 Å². The summed E-state index contributed by atoms with van der Waals surface area (Å²) >= 11 is 0. The molecule has 0 N–H and O–H groups in total. The molecule has 1 aromatic carbocycles. The quantitative estimate of drug-likeness (QED) is 0.386. The molecule has 1 rings (SSSR count). The molecular formula is C18H23NO6. The molecular weight excluding hydrogens is 326 g/mol. The third-order valence-corrected chi connectivity index (χ3v) is 3.05. The van der Waals surface area contributed by atoms with Gasteiger partial charge in [0.2, 0.25) is 0 Å². The Morgan fingerprint density at radius 3 is 2.44 bits per heavy atom. The predicted molar refractivity (Wildman–Crippen MR) is 91.6 cm³/mol. The highest BCUT2D eigenvalue weighted by atomic mass is 16.5. The molecule has 0 saturated heterocycles. The molecule has 1 atom stereocenters. The molecule has 0 radical (unpaired) electrons. The molecule has 7 heteroatoms. The highest BCUT2D eigenvalue weighted by molar-refractivity contribution is 5.88. The molecule has 0 aliphatic heterocycles. The molecule has 1 aromatic rings. The van der Waals surface area contributed by atoms with Gasteiger partial charge in [-0.25, -0.2) is 4.79 Å². The Kier molecular flexibility index (Phi) is 8.92. The summed E-state index contributed by atoms with van der Waals surface area (Å²) in [6.07, 6.45) is 1.66. The standard InChI is InChI=1S/C18H23NO6/c1-4-23-17(21)11-10-15(18(22)24-5-2)19-12-14-8-6-7-9-16(14)25-13(3)20/h6-9,12,15H,4-5,10-11H2,1-3H3/t15-/m0/s1. The van der Waals surface area contributed by atoms with Crippen molar-refractivity contribution in [2.24, 2.45) is 4.99 Å². The molecule has 0 saturated carbocycles. The molecule has 136 valence electrons. The van der Waals surface area contributed by atoms with Crippen LogP contribution in [0.1, 0.15) is 39.2 Å². The van der Waals surface area contributed by atoms with Crippen LogP contribution in [0.2, 0.25) is 0 Å². The number of benzene rings is 1. The van der Waals surface area contributed by atoms with E-state index in [0.29, 0.717) is 11.3 Å². The van der Waals surface area contributed by atoms with E-state index in [1.165, 1.54) is 13.1 Å². The zero-order chi connectivity index (χ0) is 18.7. The van der Waals surface area contributed by atoms with Gasteiger partial charge in [-0.3, -0.25) is 14.6 Å². The van der Waals surface area contributed by atoms with Crippen LogP contribution in [-0.4, -0.2) is 43.4 Å². The van der Waals surface area contributed by atoms with E-state index in [9.17, 15) is 14.4 Å². The van der Waals surface area contributed by atoms with Crippen LogP contribution in [0.25, 0.3) is 0 Å². The second-order valence-electron chi connectivity index (χ2n) is 5.02. The van der Waals surface area contributed by atoms with Crippen molar-refractivity contribution in [3.63, 3.8) is 0 Å². The Morgan fingerprint density at radius 2 is 1.80 bits per heavy atom. The lowest BCUT2D eigenvalue weighted by atomic mass is 10.1. The van der Waals surface area contributed by atoms with E-state index in [4.69, 9.17) is 14.2 Å². The second kappa shape index (κ2) is 11.0. The van der Waals surface area contributed by atoms with E-state index in [-0.39, 0.29) is 26.1 Å². The van der Waals surface area contributed by atoms with Gasteiger partial charge in [0.1, 0.15) is 11.8 Å². The minimum Gasteiger partial charge on any atom is -0.466 e. The van der Waals surface area contributed by atoms with Crippen molar-refractivity contribution in [2.75, 3.05) is 13.2 Å². The highest BCUT2D eigenvalue weighted by Crippen LogP contribution is 2.17. The lowest BCUT2D eigenvalue weighted by Gasteiger charge is -2.11. The first-order chi connectivity index (χ1) is 12.0. The highest BCUT2D eigenvalue weighted by Gasteiger charge is 2.20. The average Bonchev–Trinajstić information content (AvgIpc) is 2.56. The van der Waals surface area contributed by atoms with Crippen LogP contribution in [0, 0.1) is 0 Å². The molecule has 0 aromatic heterocycles. The van der Waals surface area contributed by atoms with E-state index >= 15 is 0 Å². The molecule has 0 heterocycles. The zero-order valence-electron chi connectivity index (χ0n) is 14.7. The molecule has 0 fully saturated rings. The third-order valence-electron chi connectivity index (χ3n) is 3.05. The van der Waals surface area contributed by atoms with Gasteiger partial charge in [-0.05, 0) is 32.4 Å². The van der Waals surface area contributed by atoms with Crippen LogP contribution < -0.4 is 4.74 Å². The van der Waals surface area contributed by atoms with E-state index in [1.54, 1.807) is 38.1 Å². The fraction of sp³-hybridized carbons (Fsp3) is 0.444. The number of rotatable bonds is 9. The number of nitrogens with zero attached hydrogens (tertiary/aromatic N) is 1. The zero-order valence-corrected chi connectivity index (χ0v) is 14.7. The van der Waals surface area contributed by atoms with E-state index < -0.39 is 23.9 Å². The van der Waals surface area contributed by atoms with Crippen molar-refractivity contribution in [1.29, 1.82) is 0 Å². The number of aliphatic imine (C=N–C) groups is 1. The monoisotopic (exact) mass is 349 g/mol. The number of hydrogen-bond donors (Lipinski definition) is 0. The first-order valence-electron chi connectivity index (χ1n) is 8.10. The number of ether oxygens (including phenoxy) is 3. The van der Waals surface area contributed by atoms with Gasteiger partial charge >= 0.3 is 17.9 Å². The first kappa shape index (κ1) is 20.3. The summed E-state index contributed by atoms with van der Waals surface area (Å²) in [6, 6.07) is 5.97. The number of para-hydroxylation sites is 1. The van der Waals surface area contributed by atoms with Crippen LogP contribution in [0.3, 0.4) is 0 Å². The lowest BCUT2D eigenvalue weighted by molar-refractivity contribution is -0.146. The Bertz CT molecular complexity index is 626. The van der Waals surface area contributed by atoms with Crippen molar-refractivity contribution in [3.05, 3.63) is 29.8 Å². The minimum absolute atomic E-state index is 0.0558. The summed E-state index contributed by atoms with van der Waals surface area (Å²) in [5.74, 6) is -1.03. The minimum atomic E-state index is -0.838. The molecule has 25 heavy (non-hydrogen) atoms. The summed E-state index contributed by atoms with van der Waals surface area (Å²) in [5.41, 5.74) is 0.545. The van der Waals surface area contributed by atoms with Gasteiger partial charge in [-0.2, -0.15) is 0 Å². The van der Waals surface area contributed by atoms with Gasteiger partial charge in [0, 0.05) is 25.1 Å². The summed E-state index contributed by atoms with van der Waals surface area (Å²) in [6.45, 7) is 5.20. The van der Waals surface area contributed by atoms with Crippen molar-refractivity contribution < 1.29 is 28.6 Å². The molecule has 0 bridgehead atoms. The normalized spacial score (nSPS) is 11.8. The van der Waals surface area contributed by atoms with Gasteiger partial charge in [0.05, 0.1) is 13.2 Å². The Balaban J connectivity index is 2.89. The summed E-state index contributed by atoms with van der Waals surface area (Å²) in [5, 5.41) is 0. The van der Waals surface area contributed by atoms with Gasteiger partial charge in [0.15, 0.2) is 0 Å². The number of carbonyl (C=O) groups is 3. The fourth-order valence-corrected chi connectivity index (χ4v) is 1.98. The maximum absolute atomic E-state index is 12.0. The largest absolute Gasteiger partial charge is 0.466 e. The summed E-state index contributed by atoms with van der Waals surface area (Å²) < 4.78 is 14.9. The van der Waals surface area contributed by atoms with Gasteiger partial charge in [-0.15, -0.1) is 0 Å². The SMILES string of the molecule is CCOC(=O)CC[C@H](N=Cc1ccccc1OC(C)=O)C(=O)OCC. The second-order valence-corrected chi connectivity index (χ2v) is 5.02. The fourth-order valence-electron chi connectivity index (χ4n) is 1.98. The molecule has 0 unspecified atom stereocenters. The molecule has 7 nitrogen and oxygen atoms in total. The van der Waals surface area contributed by atoms with Crippen LogP contribution in [0.4, 0.5) is 0 Å². The van der Waals surface area contributed by atoms with Gasteiger partial charge in [0.25, 0.3) is 0 Å². The van der Waals surface area contributed by atoms with Crippen molar-refractivity contribution in [3.8, 4) is 5.75 Å². The summed E-state index contributed by atoms with van der Waals surface area (Å²) in [4.78, 5) is 38.9. The maximum Gasteiger partial charge on any atom is 0.330 e. The number of carbonyl (C=O) groups excluding carboxylic acids is 3. The first-order valence-corrected chi connectivity index (χ1v) is 8.10. The van der Waals surface area contributed by atoms with E-state index in [0.717, 1.165) is 0 Å². The van der Waals surface area contributed by atoms with Gasteiger partial charge < -0.3 is 14.2 Å². The molecule has 0 aliphatic rings. The van der Waals surface area contributed by atoms with Crippen molar-refractivity contribution >= 4 is 24.1 Å². The molecule has 0 aliphatic carbocycles. The maximum atomic E-state index is 12.0. The molecule has 0 amide bonds. The average molecular weight is 349 g/mol. The third kappa shape index (κ3) is 7.60. The van der Waals surface area contributed by atoms with Crippen LogP contribution in [0.5, 0.6) is 5.75 Å². The summed E-state index contributed by atoms with van der Waals surface area (Å²) in [7, 11) is 0. The van der Waals surface area contributed by atoms with Gasteiger partial charge in [-0.1, -0.05) is 12.1 Å². The predicted octanol–water partition coefficient (Wildman–Crippen LogP) is 2.31. The lowest BCUT2D eigenvalue weighted by Crippen LogP contribution is -2.23. The smallest absolute Gasteiger partial charge is 0.330 e. The van der Waals surface area contributed by atoms with Crippen LogP contribution in [-0.2, 0) is 23.9 Å². The Hall–Kier alpha value is -2.70. The van der Waals surface area contributed by atoms with Crippen LogP contribution in [0.15, 0.2) is 29.3 Å². The number of esters is 3. The topological polar surface area (TPSA) is 91.3 Å². The van der Waals surface area contributed by atoms with Crippen molar-refractivity contribution in [1.82, 2.24) is 0 Å². The van der Waals surface area contributed by atoms with E-state index in [2.05, 4.69) is 4.99 Å². The number of hydrogen-bond acceptors (Lipinski definition) is 7.